The van der Waals surface area contributed by atoms with Crippen LogP contribution in [0.4, 0.5) is 0 Å². The largest absolute Gasteiger partial charge is 0.354 e. The number of thiophene rings is 1. The standard InChI is InChI=1S/C25H24N4O2S2/c1-15-27-22(14-33-15)17-7-5-16(6-8-17)12-18-13-21(28-19-9-11-32-23(18)19)25(31)29-20-4-2-3-10-26-24(20)30/h5-9,11,13-14,20H,2-4,10,12H2,1H3,(H,26,30)(H,29,31). The fourth-order valence-corrected chi connectivity index (χ4v) is 5.56. The maximum Gasteiger partial charge on any atom is 0.270 e. The molecule has 3 aromatic heterocycles. The Morgan fingerprint density at radius 1 is 1.15 bits per heavy atom. The molecule has 168 valence electrons. The zero-order valence-corrected chi connectivity index (χ0v) is 19.9. The molecule has 1 aliphatic heterocycles. The number of fused-ring (bicyclic) bond motifs is 1. The van der Waals surface area contributed by atoms with Gasteiger partial charge in [-0.2, -0.15) is 0 Å². The van der Waals surface area contributed by atoms with Crippen molar-refractivity contribution in [3.05, 3.63) is 69.0 Å². The lowest BCUT2D eigenvalue weighted by Crippen LogP contribution is -2.45. The highest BCUT2D eigenvalue weighted by molar-refractivity contribution is 7.17. The molecular formula is C25H24N4O2S2. The first-order valence-corrected chi connectivity index (χ1v) is 12.8. The van der Waals surface area contributed by atoms with Crippen molar-refractivity contribution in [2.45, 2.75) is 38.6 Å². The van der Waals surface area contributed by atoms with Gasteiger partial charge in [0.2, 0.25) is 5.91 Å². The number of pyridine rings is 1. The van der Waals surface area contributed by atoms with E-state index in [1.54, 1.807) is 22.7 Å². The van der Waals surface area contributed by atoms with Gasteiger partial charge in [-0.15, -0.1) is 22.7 Å². The maximum atomic E-state index is 13.0. The number of nitrogens with zero attached hydrogens (tertiary/aromatic N) is 2. The summed E-state index contributed by atoms with van der Waals surface area (Å²) >= 11 is 3.28. The van der Waals surface area contributed by atoms with E-state index < -0.39 is 6.04 Å². The monoisotopic (exact) mass is 476 g/mol. The van der Waals surface area contributed by atoms with Crippen molar-refractivity contribution in [1.82, 2.24) is 20.6 Å². The summed E-state index contributed by atoms with van der Waals surface area (Å²) in [7, 11) is 0. The van der Waals surface area contributed by atoms with Crippen molar-refractivity contribution in [3.8, 4) is 11.3 Å². The van der Waals surface area contributed by atoms with Crippen molar-refractivity contribution in [2.75, 3.05) is 6.54 Å². The average molecular weight is 477 g/mol. The summed E-state index contributed by atoms with van der Waals surface area (Å²) < 4.78 is 1.08. The van der Waals surface area contributed by atoms with Gasteiger partial charge < -0.3 is 10.6 Å². The van der Waals surface area contributed by atoms with Crippen LogP contribution in [0.3, 0.4) is 0 Å². The number of aryl methyl sites for hydroxylation is 1. The van der Waals surface area contributed by atoms with Crippen LogP contribution < -0.4 is 10.6 Å². The third kappa shape index (κ3) is 4.82. The Morgan fingerprint density at radius 3 is 2.79 bits per heavy atom. The summed E-state index contributed by atoms with van der Waals surface area (Å²) in [5, 5.41) is 10.9. The normalized spacial score (nSPS) is 16.4. The van der Waals surface area contributed by atoms with Crippen LogP contribution in [0.5, 0.6) is 0 Å². The predicted octanol–water partition coefficient (Wildman–Crippen LogP) is 4.72. The summed E-state index contributed by atoms with van der Waals surface area (Å²) in [4.78, 5) is 34.4. The van der Waals surface area contributed by atoms with E-state index in [1.165, 1.54) is 0 Å². The first-order valence-electron chi connectivity index (χ1n) is 11.0. The number of carbonyl (C=O) groups is 2. The van der Waals surface area contributed by atoms with Gasteiger partial charge in [-0.3, -0.25) is 9.59 Å². The van der Waals surface area contributed by atoms with Crippen LogP contribution in [0.1, 0.15) is 45.9 Å². The van der Waals surface area contributed by atoms with Crippen molar-refractivity contribution in [3.63, 3.8) is 0 Å². The highest BCUT2D eigenvalue weighted by Gasteiger charge is 2.24. The van der Waals surface area contributed by atoms with E-state index in [4.69, 9.17) is 0 Å². The molecule has 5 rings (SSSR count). The molecule has 2 amide bonds. The number of hydrogen-bond acceptors (Lipinski definition) is 6. The third-order valence-corrected chi connectivity index (χ3v) is 7.58. The highest BCUT2D eigenvalue weighted by Crippen LogP contribution is 2.28. The lowest BCUT2D eigenvalue weighted by molar-refractivity contribution is -0.122. The molecule has 0 bridgehead atoms. The Balaban J connectivity index is 1.38. The van der Waals surface area contributed by atoms with Gasteiger partial charge in [0.1, 0.15) is 11.7 Å². The smallest absolute Gasteiger partial charge is 0.270 e. The quantitative estimate of drug-likeness (QED) is 0.437. The summed E-state index contributed by atoms with van der Waals surface area (Å²) in [6, 6.07) is 11.7. The lowest BCUT2D eigenvalue weighted by Gasteiger charge is -2.15. The molecule has 2 N–H and O–H groups in total. The van der Waals surface area contributed by atoms with Crippen molar-refractivity contribution < 1.29 is 9.59 Å². The van der Waals surface area contributed by atoms with E-state index in [-0.39, 0.29) is 11.8 Å². The maximum absolute atomic E-state index is 13.0. The number of benzene rings is 1. The molecule has 4 heterocycles. The number of carbonyl (C=O) groups excluding carboxylic acids is 2. The van der Waals surface area contributed by atoms with Gasteiger partial charge in [-0.05, 0) is 61.2 Å². The van der Waals surface area contributed by atoms with Crippen LogP contribution in [-0.2, 0) is 11.2 Å². The van der Waals surface area contributed by atoms with Gasteiger partial charge in [0, 0.05) is 17.5 Å². The number of rotatable bonds is 5. The Kier molecular flexibility index (Phi) is 6.20. The predicted molar refractivity (Wildman–Crippen MR) is 133 cm³/mol. The molecule has 4 aromatic rings. The Morgan fingerprint density at radius 2 is 2.00 bits per heavy atom. The van der Waals surface area contributed by atoms with Gasteiger partial charge in [0.05, 0.1) is 20.9 Å². The molecule has 1 saturated heterocycles. The SMILES string of the molecule is Cc1nc(-c2ccc(Cc3cc(C(=O)NC4CCCCNC4=O)nc4ccsc34)cc2)cs1. The molecule has 1 fully saturated rings. The van der Waals surface area contributed by atoms with Crippen LogP contribution in [0.2, 0.25) is 0 Å². The van der Waals surface area contributed by atoms with Gasteiger partial charge >= 0.3 is 0 Å². The molecular weight excluding hydrogens is 452 g/mol. The van der Waals surface area contributed by atoms with E-state index >= 15 is 0 Å². The van der Waals surface area contributed by atoms with Crippen LogP contribution in [0, 0.1) is 6.92 Å². The Bertz CT molecular complexity index is 1310. The zero-order valence-electron chi connectivity index (χ0n) is 18.3. The van der Waals surface area contributed by atoms with E-state index in [9.17, 15) is 9.59 Å². The fourth-order valence-electron chi connectivity index (χ4n) is 4.09. The van der Waals surface area contributed by atoms with Crippen molar-refractivity contribution >= 4 is 44.7 Å². The Labute approximate surface area is 200 Å². The first kappa shape index (κ1) is 21.7. The summed E-state index contributed by atoms with van der Waals surface area (Å²) in [5.41, 5.74) is 5.46. The zero-order chi connectivity index (χ0) is 22.8. The first-order chi connectivity index (χ1) is 16.1. The van der Waals surface area contributed by atoms with Gasteiger partial charge in [-0.25, -0.2) is 9.97 Å². The number of thiazole rings is 1. The number of aromatic nitrogens is 2. The second kappa shape index (κ2) is 9.41. The van der Waals surface area contributed by atoms with Gasteiger partial charge in [0.15, 0.2) is 0 Å². The van der Waals surface area contributed by atoms with Crippen LogP contribution >= 0.6 is 22.7 Å². The highest BCUT2D eigenvalue weighted by atomic mass is 32.1. The molecule has 0 aliphatic carbocycles. The molecule has 6 nitrogen and oxygen atoms in total. The van der Waals surface area contributed by atoms with E-state index in [0.29, 0.717) is 25.1 Å². The minimum absolute atomic E-state index is 0.118. The molecule has 1 unspecified atom stereocenters. The number of amides is 2. The molecule has 0 spiro atoms. The summed E-state index contributed by atoms with van der Waals surface area (Å²) in [6.45, 7) is 2.67. The minimum Gasteiger partial charge on any atom is -0.354 e. The second-order valence-corrected chi connectivity index (χ2v) is 10.2. The lowest BCUT2D eigenvalue weighted by atomic mass is 10.0. The molecule has 1 aromatic carbocycles. The molecule has 0 saturated carbocycles. The Hall–Kier alpha value is -3.10. The molecule has 1 atom stereocenters. The van der Waals surface area contributed by atoms with E-state index in [2.05, 4.69) is 50.2 Å². The molecule has 0 radical (unpaired) electrons. The topological polar surface area (TPSA) is 84.0 Å². The molecule has 8 heteroatoms. The summed E-state index contributed by atoms with van der Waals surface area (Å²) in [5.74, 6) is -0.422. The van der Waals surface area contributed by atoms with Gasteiger partial charge in [-0.1, -0.05) is 24.3 Å². The van der Waals surface area contributed by atoms with Gasteiger partial charge in [0.25, 0.3) is 5.91 Å². The average Bonchev–Trinajstić information content (AvgIpc) is 3.42. The molecule has 1 aliphatic rings. The van der Waals surface area contributed by atoms with E-state index in [0.717, 1.165) is 50.5 Å². The molecule has 33 heavy (non-hydrogen) atoms. The van der Waals surface area contributed by atoms with Crippen LogP contribution in [0.25, 0.3) is 21.5 Å². The van der Waals surface area contributed by atoms with Crippen molar-refractivity contribution in [2.24, 2.45) is 0 Å². The number of nitrogens with one attached hydrogen (secondary N) is 2. The second-order valence-electron chi connectivity index (χ2n) is 8.24. The summed E-state index contributed by atoms with van der Waals surface area (Å²) in [6.07, 6.45) is 3.18. The van der Waals surface area contributed by atoms with Crippen molar-refractivity contribution in [1.29, 1.82) is 0 Å². The minimum atomic E-state index is -0.509. The van der Waals surface area contributed by atoms with Crippen LogP contribution in [-0.4, -0.2) is 34.4 Å². The fraction of sp³-hybridized carbons (Fsp3) is 0.280. The van der Waals surface area contributed by atoms with Crippen LogP contribution in [0.15, 0.2) is 47.2 Å². The third-order valence-electron chi connectivity index (χ3n) is 5.82. The van der Waals surface area contributed by atoms with E-state index in [1.807, 2.05) is 24.4 Å². The number of hydrogen-bond donors (Lipinski definition) is 2.